The number of hydrogen-bond donors (Lipinski definition) is 0. The zero-order valence-electron chi connectivity index (χ0n) is 16.6. The van der Waals surface area contributed by atoms with Crippen LogP contribution in [0.5, 0.6) is 0 Å². The quantitative estimate of drug-likeness (QED) is 0.187. The second-order valence-corrected chi connectivity index (χ2v) is 23.8. The third kappa shape index (κ3) is 35.0. The first kappa shape index (κ1) is 28.6. The lowest BCUT2D eigenvalue weighted by molar-refractivity contribution is -0.142. The molecule has 23 heavy (non-hydrogen) atoms. The van der Waals surface area contributed by atoms with Crippen LogP contribution in [-0.2, 0) is 14.3 Å². The van der Waals surface area contributed by atoms with Gasteiger partial charge in [-0.25, -0.2) is 0 Å². The average molecular weight is 467 g/mol. The van der Waals surface area contributed by atoms with Gasteiger partial charge in [0.2, 0.25) is 0 Å². The first-order valence-corrected chi connectivity index (χ1v) is 19.7. The number of halogens is 2. The van der Waals surface area contributed by atoms with E-state index in [9.17, 15) is 4.79 Å². The van der Waals surface area contributed by atoms with E-state index in [1.807, 2.05) is 0 Å². The summed E-state index contributed by atoms with van der Waals surface area (Å²) in [4.78, 5) is 10.1. The largest absolute Gasteiger partial charge is 0.463 e. The molecule has 0 aromatic heterocycles. The maximum atomic E-state index is 10.1. The topological polar surface area (TPSA) is 38.8 Å². The van der Waals surface area contributed by atoms with Gasteiger partial charge in [0, 0.05) is 6.92 Å². The lowest BCUT2D eigenvalue weighted by atomic mass is 10.7. The van der Waals surface area contributed by atoms with Gasteiger partial charge < -0.3 is 13.7 Å². The number of ether oxygens (including phenoxy) is 2. The third-order valence-corrected chi connectivity index (χ3v) is 10.3. The molecule has 0 saturated carbocycles. The van der Waals surface area contributed by atoms with Crippen LogP contribution >= 0.6 is 27.0 Å². The van der Waals surface area contributed by atoms with Gasteiger partial charge in [-0.15, -0.1) is 0 Å². The Morgan fingerprint density at radius 2 is 1.52 bits per heavy atom. The summed E-state index contributed by atoms with van der Waals surface area (Å²) in [6.45, 7) is 20.4. The molecular formula is C14H37BrClNO3Si3. The number of hydrogen-bond acceptors (Lipinski definition) is 4. The summed E-state index contributed by atoms with van der Waals surface area (Å²) in [6, 6.07) is 0. The Kier molecular flexibility index (Phi) is 18.8. The fraction of sp³-hybridized carbons (Fsp3) is 0.929. The van der Waals surface area contributed by atoms with Crippen LogP contribution in [0.25, 0.3) is 0 Å². The summed E-state index contributed by atoms with van der Waals surface area (Å²) in [7, 11) is -0.281. The molecule has 0 aliphatic rings. The van der Waals surface area contributed by atoms with Crippen molar-refractivity contribution in [3.05, 3.63) is 0 Å². The first-order chi connectivity index (χ1) is 10.1. The third-order valence-electron chi connectivity index (χ3n) is 2.44. The van der Waals surface area contributed by atoms with Crippen LogP contribution in [-0.4, -0.2) is 60.6 Å². The molecule has 0 N–H and O–H groups in total. The Bertz CT molecular complexity index is 292. The average Bonchev–Trinajstić information content (AvgIpc) is 2.31. The summed E-state index contributed by atoms with van der Waals surface area (Å²) in [5, 5.41) is 0. The molecule has 0 aromatic rings. The number of alkyl halides is 1. The summed E-state index contributed by atoms with van der Waals surface area (Å²) in [6.07, 6.45) is 0. The zero-order chi connectivity index (χ0) is 19.3. The van der Waals surface area contributed by atoms with Gasteiger partial charge in [0.25, 0.3) is 0 Å². The minimum atomic E-state index is -1.14. The molecule has 0 bridgehead atoms. The van der Waals surface area contributed by atoms with Gasteiger partial charge in [-0.2, -0.15) is 11.1 Å². The Morgan fingerprint density at radius 3 is 1.70 bits per heavy atom. The van der Waals surface area contributed by atoms with Crippen LogP contribution in [0.4, 0.5) is 0 Å². The number of esters is 1. The van der Waals surface area contributed by atoms with Crippen molar-refractivity contribution in [2.75, 3.05) is 25.8 Å². The highest BCUT2D eigenvalue weighted by Gasteiger charge is 2.21. The molecule has 0 aliphatic heterocycles. The highest BCUT2D eigenvalue weighted by Crippen LogP contribution is 2.07. The number of carbonyl (C=O) groups is 1. The SMILES string of the molecule is CC(=O)OCCOCBr.CN([SiH](C)C)[Si](C)(C)C.C[Si](C)(C)Cl. The van der Waals surface area contributed by atoms with Crippen molar-refractivity contribution in [2.45, 2.75) is 59.3 Å². The van der Waals surface area contributed by atoms with Crippen molar-refractivity contribution in [3.8, 4) is 0 Å². The Balaban J connectivity index is -0.000000273. The molecule has 0 saturated heterocycles. The Labute approximate surface area is 160 Å². The number of rotatable bonds is 6. The van der Waals surface area contributed by atoms with Crippen LogP contribution in [0, 0.1) is 0 Å². The predicted molar refractivity (Wildman–Crippen MR) is 116 cm³/mol. The summed E-state index contributed by atoms with van der Waals surface area (Å²) < 4.78 is 12.0. The maximum absolute atomic E-state index is 10.1. The van der Waals surface area contributed by atoms with E-state index in [1.54, 1.807) is 0 Å². The maximum Gasteiger partial charge on any atom is 0.302 e. The number of carbonyl (C=O) groups excluding carboxylic acids is 1. The fourth-order valence-corrected chi connectivity index (χ4v) is 7.50. The lowest BCUT2D eigenvalue weighted by Crippen LogP contribution is -2.49. The first-order valence-electron chi connectivity index (χ1n) is 7.81. The van der Waals surface area contributed by atoms with E-state index in [4.69, 9.17) is 15.8 Å². The molecular weight excluding hydrogens is 430 g/mol. The smallest absolute Gasteiger partial charge is 0.302 e. The van der Waals surface area contributed by atoms with Crippen molar-refractivity contribution in [3.63, 3.8) is 0 Å². The minimum absolute atomic E-state index is 0.270. The van der Waals surface area contributed by atoms with E-state index in [-0.39, 0.29) is 5.97 Å². The van der Waals surface area contributed by atoms with Gasteiger partial charge in [-0.05, 0) is 7.05 Å². The van der Waals surface area contributed by atoms with Crippen molar-refractivity contribution in [1.29, 1.82) is 0 Å². The molecule has 0 fully saturated rings. The van der Waals surface area contributed by atoms with E-state index >= 15 is 0 Å². The molecule has 0 atom stereocenters. The van der Waals surface area contributed by atoms with Crippen molar-refractivity contribution < 1.29 is 14.3 Å². The molecule has 0 rings (SSSR count). The van der Waals surface area contributed by atoms with Gasteiger partial charge in [-0.3, -0.25) is 4.79 Å². The van der Waals surface area contributed by atoms with Gasteiger partial charge >= 0.3 is 5.97 Å². The highest BCUT2D eigenvalue weighted by molar-refractivity contribution is 9.09. The standard InChI is InChI=1S/C6H19NSi2.C5H9BrO3.C3H9ClSi/c1-7(8(2)3)9(4,5)6;1-5(7)9-3-2-8-4-6;1-5(2,3)4/h8H,1-6H3;2-4H2,1H3;1-3H3. The molecule has 0 aliphatic carbocycles. The Hall–Kier alpha value is 0.811. The zero-order valence-corrected chi connectivity index (χ0v) is 22.1. The van der Waals surface area contributed by atoms with Crippen molar-refractivity contribution in [1.82, 2.24) is 4.23 Å². The fourth-order valence-electron chi connectivity index (χ4n) is 1.07. The Morgan fingerprint density at radius 1 is 1.13 bits per heavy atom. The summed E-state index contributed by atoms with van der Waals surface area (Å²) in [5.41, 5.74) is 0.480. The monoisotopic (exact) mass is 465 g/mol. The lowest BCUT2D eigenvalue weighted by Gasteiger charge is -2.33. The number of nitrogens with zero attached hydrogens (tertiary/aromatic N) is 1. The van der Waals surface area contributed by atoms with E-state index < -0.39 is 24.6 Å². The molecule has 4 nitrogen and oxygen atoms in total. The molecule has 0 heterocycles. The van der Waals surface area contributed by atoms with E-state index in [2.05, 4.69) is 84.3 Å². The summed E-state index contributed by atoms with van der Waals surface area (Å²) >= 11 is 8.72. The van der Waals surface area contributed by atoms with Crippen molar-refractivity contribution >= 4 is 57.6 Å². The van der Waals surface area contributed by atoms with Crippen molar-refractivity contribution in [2.24, 2.45) is 0 Å². The minimum Gasteiger partial charge on any atom is -0.463 e. The normalized spacial score (nSPS) is 11.4. The van der Waals surface area contributed by atoms with Gasteiger partial charge in [0.1, 0.15) is 27.7 Å². The van der Waals surface area contributed by atoms with E-state index in [1.165, 1.54) is 6.92 Å². The van der Waals surface area contributed by atoms with Crippen LogP contribution in [0.1, 0.15) is 6.92 Å². The predicted octanol–water partition coefficient (Wildman–Crippen LogP) is 4.72. The molecule has 0 radical (unpaired) electrons. The highest BCUT2D eigenvalue weighted by atomic mass is 79.9. The molecule has 0 aromatic carbocycles. The molecule has 142 valence electrons. The van der Waals surface area contributed by atoms with Gasteiger partial charge in [-0.1, -0.05) is 68.3 Å². The molecule has 9 heteroatoms. The van der Waals surface area contributed by atoms with E-state index in [0.717, 1.165) is 0 Å². The molecule has 0 spiro atoms. The van der Waals surface area contributed by atoms with Crippen LogP contribution in [0.2, 0.25) is 52.4 Å². The second-order valence-electron chi connectivity index (χ2n) is 7.30. The van der Waals surface area contributed by atoms with E-state index in [0.29, 0.717) is 18.7 Å². The van der Waals surface area contributed by atoms with Crippen LogP contribution in [0.15, 0.2) is 0 Å². The second kappa shape index (κ2) is 15.1. The van der Waals surface area contributed by atoms with Gasteiger partial charge in [0.05, 0.1) is 15.6 Å². The molecule has 0 amide bonds. The summed E-state index contributed by atoms with van der Waals surface area (Å²) in [5.74, 6) is -0.270. The molecule has 0 unspecified atom stereocenters. The van der Waals surface area contributed by atoms with Crippen LogP contribution < -0.4 is 0 Å². The van der Waals surface area contributed by atoms with Crippen LogP contribution in [0.3, 0.4) is 0 Å². The van der Waals surface area contributed by atoms with Gasteiger partial charge in [0.15, 0.2) is 0 Å².